The Balaban J connectivity index is 2.16. The Labute approximate surface area is 141 Å². The minimum absolute atomic E-state index is 0.137. The van der Waals surface area contributed by atoms with Gasteiger partial charge in [-0.05, 0) is 24.5 Å². The summed E-state index contributed by atoms with van der Waals surface area (Å²) in [4.78, 5) is 22.4. The molecule has 0 aliphatic heterocycles. The molecule has 5 heteroatoms. The van der Waals surface area contributed by atoms with E-state index < -0.39 is 0 Å². The number of aliphatic hydroxyl groups excluding tert-OH is 1. The number of rotatable bonds is 10. The highest BCUT2D eigenvalue weighted by molar-refractivity contribution is 6.32. The number of halogens is 1. The summed E-state index contributed by atoms with van der Waals surface area (Å²) in [6.07, 6.45) is 9.53. The van der Waals surface area contributed by atoms with Crippen LogP contribution < -0.4 is 5.32 Å². The standard InChI is InChI=1S/C18H22ClNO3/c19-17-11-5-3-8-15(17)9-4-6-12-18(23)20-13-7-1-2-10-16(22)14-21/h3-6,8-9,11-12,21H,1-2,7,10,13-14H2,(H,20,23)/b9-4+,12-6+. The van der Waals surface area contributed by atoms with Crippen molar-refractivity contribution in [3.8, 4) is 0 Å². The predicted molar refractivity (Wildman–Crippen MR) is 93.2 cm³/mol. The van der Waals surface area contributed by atoms with E-state index in [0.717, 1.165) is 24.8 Å². The van der Waals surface area contributed by atoms with Crippen molar-refractivity contribution in [3.05, 3.63) is 53.1 Å². The molecule has 0 aromatic heterocycles. The highest BCUT2D eigenvalue weighted by Gasteiger charge is 1.99. The fourth-order valence-electron chi connectivity index (χ4n) is 1.89. The second-order valence-corrected chi connectivity index (χ2v) is 5.45. The van der Waals surface area contributed by atoms with Crippen LogP contribution in [-0.4, -0.2) is 29.9 Å². The number of hydrogen-bond donors (Lipinski definition) is 2. The van der Waals surface area contributed by atoms with Crippen molar-refractivity contribution in [2.75, 3.05) is 13.2 Å². The van der Waals surface area contributed by atoms with Crippen LogP contribution in [-0.2, 0) is 9.59 Å². The average Bonchev–Trinajstić information content (AvgIpc) is 2.56. The van der Waals surface area contributed by atoms with E-state index in [9.17, 15) is 9.59 Å². The van der Waals surface area contributed by atoms with Gasteiger partial charge >= 0.3 is 0 Å². The van der Waals surface area contributed by atoms with Crippen molar-refractivity contribution >= 4 is 29.4 Å². The maximum absolute atomic E-state index is 11.6. The molecule has 23 heavy (non-hydrogen) atoms. The summed E-state index contributed by atoms with van der Waals surface area (Å²) in [6.45, 7) is 0.188. The van der Waals surface area contributed by atoms with Gasteiger partial charge in [0.25, 0.3) is 0 Å². The van der Waals surface area contributed by atoms with E-state index in [1.165, 1.54) is 6.08 Å². The van der Waals surface area contributed by atoms with Crippen molar-refractivity contribution < 1.29 is 14.7 Å². The summed E-state index contributed by atoms with van der Waals surface area (Å²) >= 11 is 6.02. The molecule has 0 fully saturated rings. The lowest BCUT2D eigenvalue weighted by Crippen LogP contribution is -2.22. The molecule has 4 nitrogen and oxygen atoms in total. The van der Waals surface area contributed by atoms with Gasteiger partial charge in [-0.1, -0.05) is 54.4 Å². The number of aliphatic hydroxyl groups is 1. The molecule has 0 spiro atoms. The van der Waals surface area contributed by atoms with E-state index in [1.807, 2.05) is 30.3 Å². The smallest absolute Gasteiger partial charge is 0.243 e. The lowest BCUT2D eigenvalue weighted by atomic mass is 10.1. The van der Waals surface area contributed by atoms with Crippen molar-refractivity contribution in [3.63, 3.8) is 0 Å². The summed E-state index contributed by atoms with van der Waals surface area (Å²) in [5, 5.41) is 12.0. The predicted octanol–water partition coefficient (Wildman–Crippen LogP) is 3.15. The lowest BCUT2D eigenvalue weighted by molar-refractivity contribution is -0.122. The second-order valence-electron chi connectivity index (χ2n) is 5.04. The molecule has 0 atom stereocenters. The third-order valence-corrected chi connectivity index (χ3v) is 3.49. The Bertz CT molecular complexity index is 567. The van der Waals surface area contributed by atoms with Gasteiger partial charge in [-0.2, -0.15) is 0 Å². The minimum Gasteiger partial charge on any atom is -0.389 e. The van der Waals surface area contributed by atoms with E-state index in [4.69, 9.17) is 16.7 Å². The molecule has 0 radical (unpaired) electrons. The van der Waals surface area contributed by atoms with Gasteiger partial charge < -0.3 is 10.4 Å². The van der Waals surface area contributed by atoms with E-state index >= 15 is 0 Å². The zero-order chi connectivity index (χ0) is 16.9. The number of Topliss-reactive ketones (excluding diaryl/α,β-unsaturated/α-hetero) is 1. The molecule has 0 saturated heterocycles. The zero-order valence-electron chi connectivity index (χ0n) is 13.0. The van der Waals surface area contributed by atoms with Gasteiger partial charge in [-0.15, -0.1) is 0 Å². The number of carbonyl (C=O) groups is 2. The van der Waals surface area contributed by atoms with Crippen LogP contribution in [0.2, 0.25) is 5.02 Å². The lowest BCUT2D eigenvalue weighted by Gasteiger charge is -2.01. The fourth-order valence-corrected chi connectivity index (χ4v) is 2.08. The van der Waals surface area contributed by atoms with Crippen LogP contribution in [0.1, 0.15) is 31.2 Å². The van der Waals surface area contributed by atoms with Crippen LogP contribution in [0.15, 0.2) is 42.5 Å². The van der Waals surface area contributed by atoms with Gasteiger partial charge in [0, 0.05) is 24.1 Å². The fraction of sp³-hybridized carbons (Fsp3) is 0.333. The Morgan fingerprint density at radius 3 is 2.65 bits per heavy atom. The second kappa shape index (κ2) is 11.6. The third-order valence-electron chi connectivity index (χ3n) is 3.15. The van der Waals surface area contributed by atoms with Crippen LogP contribution >= 0.6 is 11.6 Å². The van der Waals surface area contributed by atoms with Gasteiger partial charge in [0.2, 0.25) is 5.91 Å². The van der Waals surface area contributed by atoms with Crippen molar-refractivity contribution in [1.29, 1.82) is 0 Å². The number of nitrogens with one attached hydrogen (secondary N) is 1. The van der Waals surface area contributed by atoms with Crippen LogP contribution in [0.5, 0.6) is 0 Å². The van der Waals surface area contributed by atoms with E-state index in [1.54, 1.807) is 12.2 Å². The van der Waals surface area contributed by atoms with E-state index in [-0.39, 0.29) is 18.3 Å². The van der Waals surface area contributed by atoms with Crippen molar-refractivity contribution in [1.82, 2.24) is 5.32 Å². The third kappa shape index (κ3) is 8.96. The van der Waals surface area contributed by atoms with Crippen LogP contribution in [0, 0.1) is 0 Å². The molecular weight excluding hydrogens is 314 g/mol. The highest BCUT2D eigenvalue weighted by atomic mass is 35.5. The molecule has 0 heterocycles. The maximum Gasteiger partial charge on any atom is 0.243 e. The largest absolute Gasteiger partial charge is 0.389 e. The maximum atomic E-state index is 11.6. The van der Waals surface area contributed by atoms with Gasteiger partial charge in [-0.3, -0.25) is 9.59 Å². The van der Waals surface area contributed by atoms with Crippen LogP contribution in [0.4, 0.5) is 0 Å². The number of allylic oxidation sites excluding steroid dienone is 2. The summed E-state index contributed by atoms with van der Waals surface area (Å²) in [5.41, 5.74) is 0.900. The van der Waals surface area contributed by atoms with E-state index in [0.29, 0.717) is 18.0 Å². The Hall–Kier alpha value is -1.91. The molecule has 124 valence electrons. The summed E-state index contributed by atoms with van der Waals surface area (Å²) < 4.78 is 0. The first-order chi connectivity index (χ1) is 11.1. The number of ketones is 1. The molecule has 0 saturated carbocycles. The molecule has 1 aromatic rings. The molecule has 0 bridgehead atoms. The first-order valence-electron chi connectivity index (χ1n) is 7.63. The summed E-state index contributed by atoms with van der Waals surface area (Å²) in [7, 11) is 0. The van der Waals surface area contributed by atoms with Crippen LogP contribution in [0.25, 0.3) is 6.08 Å². The number of hydrogen-bond acceptors (Lipinski definition) is 3. The van der Waals surface area contributed by atoms with Crippen LogP contribution in [0.3, 0.4) is 0 Å². The zero-order valence-corrected chi connectivity index (χ0v) is 13.8. The molecule has 0 unspecified atom stereocenters. The molecule has 1 rings (SSSR count). The number of carbonyl (C=O) groups excluding carboxylic acids is 2. The monoisotopic (exact) mass is 335 g/mol. The summed E-state index contributed by atoms with van der Waals surface area (Å²) in [5.74, 6) is -0.289. The topological polar surface area (TPSA) is 66.4 Å². The Kier molecular flexibility index (Phi) is 9.68. The van der Waals surface area contributed by atoms with Gasteiger partial charge in [0.15, 0.2) is 5.78 Å². The molecular formula is C18H22ClNO3. The first kappa shape index (κ1) is 19.1. The molecule has 0 aliphatic rings. The van der Waals surface area contributed by atoms with Gasteiger partial charge in [-0.25, -0.2) is 0 Å². The highest BCUT2D eigenvalue weighted by Crippen LogP contribution is 2.16. The van der Waals surface area contributed by atoms with Gasteiger partial charge in [0.05, 0.1) is 0 Å². The number of unbranched alkanes of at least 4 members (excludes halogenated alkanes) is 2. The SMILES string of the molecule is O=C(CO)CCCCCNC(=O)/C=C/C=C/c1ccccc1Cl. The van der Waals surface area contributed by atoms with Crippen molar-refractivity contribution in [2.24, 2.45) is 0 Å². The Morgan fingerprint density at radius 1 is 1.13 bits per heavy atom. The molecule has 1 amide bonds. The number of benzene rings is 1. The average molecular weight is 336 g/mol. The Morgan fingerprint density at radius 2 is 1.91 bits per heavy atom. The molecule has 1 aromatic carbocycles. The molecule has 2 N–H and O–H groups in total. The first-order valence-corrected chi connectivity index (χ1v) is 8.01. The van der Waals surface area contributed by atoms with E-state index in [2.05, 4.69) is 5.32 Å². The summed E-state index contributed by atoms with van der Waals surface area (Å²) in [6, 6.07) is 7.47. The van der Waals surface area contributed by atoms with Gasteiger partial charge in [0.1, 0.15) is 6.61 Å². The normalized spacial score (nSPS) is 11.2. The molecule has 0 aliphatic carbocycles. The van der Waals surface area contributed by atoms with Crippen molar-refractivity contribution in [2.45, 2.75) is 25.7 Å². The quantitative estimate of drug-likeness (QED) is 0.392. The number of amides is 1. The minimum atomic E-state index is -0.386.